The van der Waals surface area contributed by atoms with E-state index < -0.39 is 18.0 Å². The van der Waals surface area contributed by atoms with Crippen LogP contribution in [0.3, 0.4) is 0 Å². The third-order valence-electron chi connectivity index (χ3n) is 2.65. The molecule has 0 radical (unpaired) electrons. The predicted molar refractivity (Wildman–Crippen MR) is 54.6 cm³/mol. The third kappa shape index (κ3) is 1.81. The molecule has 0 fully saturated rings. The first-order valence-electron chi connectivity index (χ1n) is 4.90. The van der Waals surface area contributed by atoms with Crippen LogP contribution in [-0.2, 0) is 4.79 Å². The summed E-state index contributed by atoms with van der Waals surface area (Å²) in [5.41, 5.74) is 0.708. The van der Waals surface area contributed by atoms with E-state index in [1.54, 1.807) is 25.1 Å². The third-order valence-corrected chi connectivity index (χ3v) is 2.65. The fourth-order valence-corrected chi connectivity index (χ4v) is 1.59. The van der Waals surface area contributed by atoms with Gasteiger partial charge in [-0.3, -0.25) is 0 Å². The van der Waals surface area contributed by atoms with Crippen molar-refractivity contribution in [2.75, 3.05) is 6.79 Å². The molecule has 2 unspecified atom stereocenters. The molecule has 86 valence electrons. The van der Waals surface area contributed by atoms with Gasteiger partial charge in [0.25, 0.3) is 0 Å². The van der Waals surface area contributed by atoms with Crippen LogP contribution in [-0.4, -0.2) is 29.1 Å². The van der Waals surface area contributed by atoms with Crippen LogP contribution in [0, 0.1) is 0 Å². The van der Waals surface area contributed by atoms with Crippen LogP contribution in [0.2, 0.25) is 0 Å². The first-order valence-corrected chi connectivity index (χ1v) is 4.90. The maximum Gasteiger partial charge on any atom is 0.333 e. The van der Waals surface area contributed by atoms with E-state index in [0.717, 1.165) is 0 Å². The molecule has 0 spiro atoms. The van der Waals surface area contributed by atoms with Gasteiger partial charge in [0.15, 0.2) is 17.6 Å². The summed E-state index contributed by atoms with van der Waals surface area (Å²) in [5.74, 6) is -0.500. The van der Waals surface area contributed by atoms with Crippen LogP contribution in [0.15, 0.2) is 18.2 Å². The van der Waals surface area contributed by atoms with Gasteiger partial charge >= 0.3 is 5.97 Å². The zero-order valence-corrected chi connectivity index (χ0v) is 8.71. The molecule has 1 aromatic rings. The second-order valence-electron chi connectivity index (χ2n) is 3.68. The minimum absolute atomic E-state index is 0.175. The van der Waals surface area contributed by atoms with Crippen LogP contribution in [0.4, 0.5) is 0 Å². The lowest BCUT2D eigenvalue weighted by Crippen LogP contribution is -2.25. The predicted octanol–water partition coefficient (Wildman–Crippen LogP) is 0.964. The van der Waals surface area contributed by atoms with Crippen molar-refractivity contribution in [2.45, 2.75) is 18.9 Å². The van der Waals surface area contributed by atoms with Crippen LogP contribution in [0.1, 0.15) is 18.4 Å². The number of hydrogen-bond acceptors (Lipinski definition) is 4. The molecule has 0 aromatic heterocycles. The molecule has 2 atom stereocenters. The van der Waals surface area contributed by atoms with E-state index in [-0.39, 0.29) is 6.79 Å². The van der Waals surface area contributed by atoms with Gasteiger partial charge in [-0.05, 0) is 17.7 Å². The summed E-state index contributed by atoms with van der Waals surface area (Å²) in [5, 5.41) is 18.1. The minimum atomic E-state index is -1.42. The van der Waals surface area contributed by atoms with Crippen molar-refractivity contribution in [3.8, 4) is 11.5 Å². The van der Waals surface area contributed by atoms with Gasteiger partial charge in [0.1, 0.15) is 0 Å². The number of benzene rings is 1. The number of carbonyl (C=O) groups is 1. The number of aliphatic carboxylic acids is 1. The van der Waals surface area contributed by atoms with Crippen molar-refractivity contribution in [2.24, 2.45) is 0 Å². The lowest BCUT2D eigenvalue weighted by molar-refractivity contribution is -0.147. The summed E-state index contributed by atoms with van der Waals surface area (Å²) in [4.78, 5) is 10.6. The Hall–Kier alpha value is -1.75. The van der Waals surface area contributed by atoms with Gasteiger partial charge in [-0.25, -0.2) is 4.79 Å². The van der Waals surface area contributed by atoms with E-state index in [9.17, 15) is 9.90 Å². The number of carboxylic acid groups (broad SMARTS) is 1. The molecule has 1 aliphatic heterocycles. The number of hydrogen-bond donors (Lipinski definition) is 2. The Morgan fingerprint density at radius 1 is 1.38 bits per heavy atom. The number of fused-ring (bicyclic) bond motifs is 1. The highest BCUT2D eigenvalue weighted by molar-refractivity contribution is 5.73. The van der Waals surface area contributed by atoms with E-state index in [1.807, 2.05) is 0 Å². The van der Waals surface area contributed by atoms with Gasteiger partial charge in [-0.15, -0.1) is 0 Å². The first kappa shape index (κ1) is 10.8. The second kappa shape index (κ2) is 4.02. The quantitative estimate of drug-likeness (QED) is 0.799. The van der Waals surface area contributed by atoms with Gasteiger partial charge in [-0.2, -0.15) is 0 Å². The molecule has 1 heterocycles. The summed E-state index contributed by atoms with van der Waals surface area (Å²) in [7, 11) is 0. The van der Waals surface area contributed by atoms with Crippen molar-refractivity contribution in [1.82, 2.24) is 0 Å². The van der Waals surface area contributed by atoms with Gasteiger partial charge in [0.2, 0.25) is 6.79 Å². The van der Waals surface area contributed by atoms with Crippen molar-refractivity contribution in [3.63, 3.8) is 0 Å². The number of aliphatic hydroxyl groups is 1. The largest absolute Gasteiger partial charge is 0.479 e. The zero-order chi connectivity index (χ0) is 11.7. The molecule has 2 rings (SSSR count). The van der Waals surface area contributed by atoms with E-state index in [0.29, 0.717) is 17.1 Å². The van der Waals surface area contributed by atoms with Crippen LogP contribution < -0.4 is 9.47 Å². The van der Waals surface area contributed by atoms with Gasteiger partial charge in [-0.1, -0.05) is 13.0 Å². The molecule has 2 N–H and O–H groups in total. The number of rotatable bonds is 3. The summed E-state index contributed by atoms with van der Waals surface area (Å²) in [6.07, 6.45) is -1.42. The molecule has 0 aliphatic carbocycles. The summed E-state index contributed by atoms with van der Waals surface area (Å²) in [6, 6.07) is 5.13. The highest BCUT2D eigenvalue weighted by atomic mass is 16.7. The molecule has 0 amide bonds. The number of aliphatic hydroxyl groups excluding tert-OH is 1. The zero-order valence-electron chi connectivity index (χ0n) is 8.71. The van der Waals surface area contributed by atoms with Crippen LogP contribution >= 0.6 is 0 Å². The van der Waals surface area contributed by atoms with Gasteiger partial charge in [0.05, 0.1) is 0 Å². The van der Waals surface area contributed by atoms with Crippen molar-refractivity contribution in [1.29, 1.82) is 0 Å². The molecule has 1 aromatic carbocycles. The topological polar surface area (TPSA) is 76.0 Å². The average molecular weight is 224 g/mol. The highest BCUT2D eigenvalue weighted by Gasteiger charge is 2.24. The number of ether oxygens (including phenoxy) is 2. The molecule has 0 bridgehead atoms. The van der Waals surface area contributed by atoms with Crippen molar-refractivity contribution in [3.05, 3.63) is 23.8 Å². The Balaban J connectivity index is 2.24. The van der Waals surface area contributed by atoms with E-state index in [4.69, 9.17) is 14.6 Å². The Morgan fingerprint density at radius 2 is 2.06 bits per heavy atom. The maximum atomic E-state index is 10.6. The second-order valence-corrected chi connectivity index (χ2v) is 3.68. The Kier molecular flexibility index (Phi) is 2.70. The fourth-order valence-electron chi connectivity index (χ4n) is 1.59. The normalized spacial score (nSPS) is 16.9. The van der Waals surface area contributed by atoms with Crippen LogP contribution in [0.5, 0.6) is 11.5 Å². The molecule has 16 heavy (non-hydrogen) atoms. The van der Waals surface area contributed by atoms with E-state index in [2.05, 4.69) is 0 Å². The van der Waals surface area contributed by atoms with Gasteiger partial charge < -0.3 is 19.7 Å². The Labute approximate surface area is 92.2 Å². The monoisotopic (exact) mass is 224 g/mol. The molecule has 0 saturated heterocycles. The Morgan fingerprint density at radius 3 is 2.75 bits per heavy atom. The first-order chi connectivity index (χ1) is 7.59. The molecule has 0 saturated carbocycles. The van der Waals surface area contributed by atoms with Crippen molar-refractivity contribution >= 4 is 5.97 Å². The minimum Gasteiger partial charge on any atom is -0.479 e. The Bertz CT molecular complexity index is 415. The molecule has 5 nitrogen and oxygen atoms in total. The molecular formula is C11H12O5. The standard InChI is InChI=1S/C11H12O5/c1-6(10(12)11(13)14)7-2-3-8-9(4-7)16-5-15-8/h2-4,6,10,12H,5H2,1H3,(H,13,14). The van der Waals surface area contributed by atoms with Gasteiger partial charge in [0, 0.05) is 5.92 Å². The SMILES string of the molecule is CC(c1ccc2c(c1)OCO2)C(O)C(=O)O. The molecule has 1 aliphatic rings. The highest BCUT2D eigenvalue weighted by Crippen LogP contribution is 2.35. The smallest absolute Gasteiger partial charge is 0.333 e. The van der Waals surface area contributed by atoms with E-state index in [1.165, 1.54) is 0 Å². The summed E-state index contributed by atoms with van der Waals surface area (Å²) < 4.78 is 10.3. The van der Waals surface area contributed by atoms with Crippen molar-refractivity contribution < 1.29 is 24.5 Å². The summed E-state index contributed by atoms with van der Waals surface area (Å²) in [6.45, 7) is 1.82. The fraction of sp³-hybridized carbons (Fsp3) is 0.364. The van der Waals surface area contributed by atoms with Crippen LogP contribution in [0.25, 0.3) is 0 Å². The number of carboxylic acids is 1. The molecular weight excluding hydrogens is 212 g/mol. The lowest BCUT2D eigenvalue weighted by Gasteiger charge is -2.15. The summed E-state index contributed by atoms with van der Waals surface area (Å²) >= 11 is 0. The average Bonchev–Trinajstić information content (AvgIpc) is 2.73. The lowest BCUT2D eigenvalue weighted by atomic mass is 9.95. The molecule has 5 heteroatoms. The maximum absolute atomic E-state index is 10.6. The van der Waals surface area contributed by atoms with E-state index >= 15 is 0 Å².